The third-order valence-corrected chi connectivity index (χ3v) is 2.74. The molecule has 8 heteroatoms. The summed E-state index contributed by atoms with van der Waals surface area (Å²) in [5, 5.41) is 10.4. The van der Waals surface area contributed by atoms with Crippen LogP contribution in [-0.4, -0.2) is 10.8 Å². The zero-order valence-electron chi connectivity index (χ0n) is 8.21. The van der Waals surface area contributed by atoms with E-state index in [4.69, 9.17) is 5.73 Å². The van der Waals surface area contributed by atoms with Crippen molar-refractivity contribution in [1.82, 2.24) is 0 Å². The van der Waals surface area contributed by atoms with Gasteiger partial charge in [0.1, 0.15) is 11.4 Å². The topological polar surface area (TPSA) is 69.2 Å². The van der Waals surface area contributed by atoms with Crippen molar-refractivity contribution in [3.63, 3.8) is 0 Å². The summed E-state index contributed by atoms with van der Waals surface area (Å²) in [5.74, 6) is -6.41. The van der Waals surface area contributed by atoms with Crippen LogP contribution in [-0.2, 0) is 5.54 Å². The summed E-state index contributed by atoms with van der Waals surface area (Å²) in [4.78, 5) is 9.29. The molecule has 0 amide bonds. The van der Waals surface area contributed by atoms with Gasteiger partial charge in [0.2, 0.25) is 5.82 Å². The normalized spacial score (nSPS) is 25.7. The van der Waals surface area contributed by atoms with Crippen molar-refractivity contribution in [2.75, 3.05) is 0 Å². The maximum absolute atomic E-state index is 13.6. The van der Waals surface area contributed by atoms with Crippen molar-refractivity contribution in [3.05, 3.63) is 39.4 Å². The van der Waals surface area contributed by atoms with E-state index < -0.39 is 45.7 Å². The maximum Gasteiger partial charge on any atom is 0.305 e. The second-order valence-corrected chi connectivity index (χ2v) is 3.87. The Kier molecular flexibility index (Phi) is 2.19. The number of rotatable bonds is 2. The predicted octanol–water partition coefficient (Wildman–Crippen LogP) is 2.07. The highest BCUT2D eigenvalue weighted by Gasteiger charge is 2.72. The average Bonchev–Trinajstić information content (AvgIpc) is 2.65. The number of nitrogens with zero attached hydrogens (tertiary/aromatic N) is 1. The van der Waals surface area contributed by atoms with Gasteiger partial charge < -0.3 is 5.73 Å². The molecule has 1 aromatic carbocycles. The van der Waals surface area contributed by atoms with Gasteiger partial charge in [-0.15, -0.1) is 0 Å². The minimum absolute atomic E-state index is 0.555. The Labute approximate surface area is 92.2 Å². The molecule has 0 spiro atoms. The van der Waals surface area contributed by atoms with Crippen molar-refractivity contribution in [3.8, 4) is 0 Å². The molecule has 17 heavy (non-hydrogen) atoms. The number of nitro groups is 1. The van der Waals surface area contributed by atoms with E-state index in [9.17, 15) is 27.7 Å². The van der Waals surface area contributed by atoms with Crippen LogP contribution in [0.15, 0.2) is 12.1 Å². The molecule has 1 fully saturated rings. The number of nitro benzene ring substituents is 1. The molecule has 2 N–H and O–H groups in total. The van der Waals surface area contributed by atoms with Crippen molar-refractivity contribution >= 4 is 5.69 Å². The molecule has 1 saturated carbocycles. The number of hydrogen-bond acceptors (Lipinski definition) is 3. The van der Waals surface area contributed by atoms with Gasteiger partial charge >= 0.3 is 5.69 Å². The summed E-state index contributed by atoms with van der Waals surface area (Å²) >= 11 is 0. The highest BCUT2D eigenvalue weighted by Crippen LogP contribution is 2.59. The third-order valence-electron chi connectivity index (χ3n) is 2.74. The molecular formula is C9H6F4N2O2. The fraction of sp³-hybridized carbons (Fsp3) is 0.333. The van der Waals surface area contributed by atoms with E-state index in [0.29, 0.717) is 12.1 Å². The van der Waals surface area contributed by atoms with Crippen LogP contribution in [0.4, 0.5) is 23.2 Å². The third kappa shape index (κ3) is 1.47. The zero-order chi connectivity index (χ0) is 13.0. The molecule has 0 radical (unpaired) electrons. The largest absolute Gasteiger partial charge is 0.316 e. The lowest BCUT2D eigenvalue weighted by molar-refractivity contribution is -0.387. The first-order valence-electron chi connectivity index (χ1n) is 4.50. The van der Waals surface area contributed by atoms with Gasteiger partial charge in [-0.25, -0.2) is 13.2 Å². The molecule has 2 rings (SSSR count). The summed E-state index contributed by atoms with van der Waals surface area (Å²) in [6, 6.07) is 1.12. The van der Waals surface area contributed by atoms with Gasteiger partial charge in [-0.05, 0) is 6.07 Å². The lowest BCUT2D eigenvalue weighted by Gasteiger charge is -2.12. The minimum atomic E-state index is -3.45. The van der Waals surface area contributed by atoms with E-state index in [-0.39, 0.29) is 0 Å². The smallest absolute Gasteiger partial charge is 0.305 e. The van der Waals surface area contributed by atoms with Gasteiger partial charge in [-0.1, -0.05) is 0 Å². The second kappa shape index (κ2) is 3.16. The van der Waals surface area contributed by atoms with E-state index in [0.717, 1.165) is 0 Å². The Morgan fingerprint density at radius 3 is 2.29 bits per heavy atom. The van der Waals surface area contributed by atoms with Crippen LogP contribution < -0.4 is 5.73 Å². The molecule has 4 nitrogen and oxygen atoms in total. The maximum atomic E-state index is 13.6. The van der Waals surface area contributed by atoms with Crippen LogP contribution in [0, 0.1) is 21.7 Å². The molecule has 92 valence electrons. The van der Waals surface area contributed by atoms with Crippen LogP contribution in [0.1, 0.15) is 12.0 Å². The van der Waals surface area contributed by atoms with Crippen LogP contribution >= 0.6 is 0 Å². The first-order chi connectivity index (χ1) is 7.71. The summed E-state index contributed by atoms with van der Waals surface area (Å²) in [6.07, 6.45) is -0.936. The fourth-order valence-corrected chi connectivity index (χ4v) is 1.67. The Morgan fingerprint density at radius 2 is 1.88 bits per heavy atom. The van der Waals surface area contributed by atoms with Gasteiger partial charge in [-0.3, -0.25) is 10.1 Å². The molecule has 0 saturated heterocycles. The molecule has 1 aliphatic carbocycles. The molecule has 0 heterocycles. The standard InChI is InChI=1S/C9H6F4N2O2/c10-4-1-2-5(15(16)17)7(11)6(4)8(14)3-9(8,12)13/h1-2H,3,14H2. The molecule has 0 aliphatic heterocycles. The molecule has 1 aromatic rings. The number of alkyl halides is 2. The van der Waals surface area contributed by atoms with Crippen molar-refractivity contribution in [1.29, 1.82) is 0 Å². The second-order valence-electron chi connectivity index (χ2n) is 3.87. The lowest BCUT2D eigenvalue weighted by Crippen LogP contribution is -2.30. The summed E-state index contributed by atoms with van der Waals surface area (Å²) in [5.41, 5.74) is 0.468. The highest BCUT2D eigenvalue weighted by molar-refractivity contribution is 5.46. The Morgan fingerprint density at radius 1 is 1.35 bits per heavy atom. The zero-order valence-corrected chi connectivity index (χ0v) is 8.21. The van der Waals surface area contributed by atoms with E-state index in [2.05, 4.69) is 0 Å². The van der Waals surface area contributed by atoms with Crippen LogP contribution in [0.2, 0.25) is 0 Å². The molecule has 1 atom stereocenters. The lowest BCUT2D eigenvalue weighted by atomic mass is 10.0. The summed E-state index contributed by atoms with van der Waals surface area (Å²) in [7, 11) is 0. The molecule has 1 unspecified atom stereocenters. The van der Waals surface area contributed by atoms with Crippen LogP contribution in [0.5, 0.6) is 0 Å². The SMILES string of the molecule is NC1(c2c(F)ccc([N+](=O)[O-])c2F)CC1(F)F. The Hall–Kier alpha value is -1.70. The number of benzene rings is 1. The van der Waals surface area contributed by atoms with Gasteiger partial charge in [0, 0.05) is 12.5 Å². The monoisotopic (exact) mass is 250 g/mol. The number of hydrogen-bond donors (Lipinski definition) is 1. The van der Waals surface area contributed by atoms with Crippen LogP contribution in [0.25, 0.3) is 0 Å². The highest BCUT2D eigenvalue weighted by atomic mass is 19.3. The van der Waals surface area contributed by atoms with Gasteiger partial charge in [0.15, 0.2) is 0 Å². The summed E-state index contributed by atoms with van der Waals surface area (Å²) in [6.45, 7) is 0. The Bertz CT molecular complexity index is 520. The molecular weight excluding hydrogens is 244 g/mol. The van der Waals surface area contributed by atoms with Crippen molar-refractivity contribution < 1.29 is 22.5 Å². The van der Waals surface area contributed by atoms with E-state index in [1.165, 1.54) is 0 Å². The minimum Gasteiger partial charge on any atom is -0.316 e. The van der Waals surface area contributed by atoms with Crippen molar-refractivity contribution in [2.45, 2.75) is 17.9 Å². The average molecular weight is 250 g/mol. The van der Waals surface area contributed by atoms with Gasteiger partial charge in [-0.2, -0.15) is 4.39 Å². The van der Waals surface area contributed by atoms with Crippen LogP contribution in [0.3, 0.4) is 0 Å². The van der Waals surface area contributed by atoms with E-state index >= 15 is 0 Å². The Balaban J connectivity index is 2.63. The fourth-order valence-electron chi connectivity index (χ4n) is 1.67. The molecule has 0 aromatic heterocycles. The number of nitrogens with two attached hydrogens (primary N) is 1. The van der Waals surface area contributed by atoms with Gasteiger partial charge in [0.25, 0.3) is 5.92 Å². The van der Waals surface area contributed by atoms with E-state index in [1.54, 1.807) is 0 Å². The van der Waals surface area contributed by atoms with Gasteiger partial charge in [0.05, 0.1) is 10.5 Å². The first kappa shape index (κ1) is 11.8. The summed E-state index contributed by atoms with van der Waals surface area (Å²) < 4.78 is 52.7. The van der Waals surface area contributed by atoms with E-state index in [1.807, 2.05) is 0 Å². The molecule has 0 bridgehead atoms. The predicted molar refractivity (Wildman–Crippen MR) is 48.4 cm³/mol. The molecule has 1 aliphatic rings. The quantitative estimate of drug-likeness (QED) is 0.496. The first-order valence-corrected chi connectivity index (χ1v) is 4.50. The van der Waals surface area contributed by atoms with Crippen molar-refractivity contribution in [2.24, 2.45) is 5.73 Å². The number of halogens is 4.